The fourth-order valence-electron chi connectivity index (χ4n) is 2.20. The highest BCUT2D eigenvalue weighted by atomic mass is 19.1. The maximum absolute atomic E-state index is 12.8. The standard InChI is InChI=1S/C17H15FN4O/c18-12-5-7-13(8-6-12)22-16(23)9-10-19-17-14-3-1-2-4-15(14)20-11-21-17/h1-8,11H,9-10H2,(H,22,23)(H,19,20,21). The molecule has 3 aromatic rings. The summed E-state index contributed by atoms with van der Waals surface area (Å²) in [5.74, 6) is 0.216. The number of amides is 1. The van der Waals surface area contributed by atoms with Crippen LogP contribution in [0.1, 0.15) is 6.42 Å². The van der Waals surface area contributed by atoms with Gasteiger partial charge in [0.25, 0.3) is 0 Å². The summed E-state index contributed by atoms with van der Waals surface area (Å²) in [6.45, 7) is 0.439. The van der Waals surface area contributed by atoms with Crippen molar-refractivity contribution in [3.63, 3.8) is 0 Å². The van der Waals surface area contributed by atoms with Crippen molar-refractivity contribution in [2.75, 3.05) is 17.2 Å². The van der Waals surface area contributed by atoms with Crippen LogP contribution in [0.15, 0.2) is 54.9 Å². The number of hydrogen-bond acceptors (Lipinski definition) is 4. The first-order valence-corrected chi connectivity index (χ1v) is 7.21. The van der Waals surface area contributed by atoms with Crippen molar-refractivity contribution in [3.05, 3.63) is 60.7 Å². The van der Waals surface area contributed by atoms with Gasteiger partial charge >= 0.3 is 0 Å². The summed E-state index contributed by atoms with van der Waals surface area (Å²) in [6, 6.07) is 13.3. The summed E-state index contributed by atoms with van der Waals surface area (Å²) >= 11 is 0. The predicted molar refractivity (Wildman–Crippen MR) is 87.7 cm³/mol. The summed E-state index contributed by atoms with van der Waals surface area (Å²) < 4.78 is 12.8. The summed E-state index contributed by atoms with van der Waals surface area (Å²) in [5, 5.41) is 6.77. The molecule has 23 heavy (non-hydrogen) atoms. The summed E-state index contributed by atoms with van der Waals surface area (Å²) in [5.41, 5.74) is 1.42. The van der Waals surface area contributed by atoms with E-state index < -0.39 is 0 Å². The predicted octanol–water partition coefficient (Wildman–Crippen LogP) is 3.21. The van der Waals surface area contributed by atoms with E-state index in [2.05, 4.69) is 20.6 Å². The van der Waals surface area contributed by atoms with E-state index in [9.17, 15) is 9.18 Å². The number of hydrogen-bond donors (Lipinski definition) is 2. The Balaban J connectivity index is 1.56. The second kappa shape index (κ2) is 6.83. The molecule has 0 fully saturated rings. The minimum Gasteiger partial charge on any atom is -0.369 e. The first-order chi connectivity index (χ1) is 11.2. The summed E-state index contributed by atoms with van der Waals surface area (Å²) in [6.07, 6.45) is 1.76. The number of halogens is 1. The van der Waals surface area contributed by atoms with E-state index in [1.54, 1.807) is 0 Å². The zero-order valence-electron chi connectivity index (χ0n) is 12.3. The lowest BCUT2D eigenvalue weighted by molar-refractivity contribution is -0.115. The highest BCUT2D eigenvalue weighted by molar-refractivity contribution is 5.91. The quantitative estimate of drug-likeness (QED) is 0.759. The fourth-order valence-corrected chi connectivity index (χ4v) is 2.20. The van der Waals surface area contributed by atoms with Gasteiger partial charge in [-0.25, -0.2) is 14.4 Å². The number of carbonyl (C=O) groups excluding carboxylic acids is 1. The molecule has 0 saturated carbocycles. The maximum atomic E-state index is 12.8. The van der Waals surface area contributed by atoms with Gasteiger partial charge in [-0.15, -0.1) is 0 Å². The molecule has 2 aromatic carbocycles. The SMILES string of the molecule is O=C(CCNc1ncnc2ccccc12)Nc1ccc(F)cc1. The molecule has 6 heteroatoms. The smallest absolute Gasteiger partial charge is 0.226 e. The van der Waals surface area contributed by atoms with Gasteiger partial charge < -0.3 is 10.6 Å². The third-order valence-corrected chi connectivity index (χ3v) is 3.32. The van der Waals surface area contributed by atoms with Gasteiger partial charge in [-0.3, -0.25) is 4.79 Å². The van der Waals surface area contributed by atoms with Crippen LogP contribution in [0.25, 0.3) is 10.9 Å². The van der Waals surface area contributed by atoms with Gasteiger partial charge in [0, 0.05) is 24.0 Å². The Kier molecular flexibility index (Phi) is 4.42. The van der Waals surface area contributed by atoms with Gasteiger partial charge in [-0.2, -0.15) is 0 Å². The molecule has 0 bridgehead atoms. The molecule has 5 nitrogen and oxygen atoms in total. The van der Waals surface area contributed by atoms with E-state index in [0.29, 0.717) is 18.1 Å². The van der Waals surface area contributed by atoms with Crippen LogP contribution in [0.4, 0.5) is 15.9 Å². The van der Waals surface area contributed by atoms with E-state index in [-0.39, 0.29) is 18.1 Å². The van der Waals surface area contributed by atoms with E-state index in [1.807, 2.05) is 24.3 Å². The molecule has 0 atom stereocenters. The fraction of sp³-hybridized carbons (Fsp3) is 0.118. The van der Waals surface area contributed by atoms with Crippen molar-refractivity contribution >= 4 is 28.3 Å². The number of fused-ring (bicyclic) bond motifs is 1. The van der Waals surface area contributed by atoms with Gasteiger partial charge in [-0.1, -0.05) is 12.1 Å². The van der Waals surface area contributed by atoms with Crippen LogP contribution in [-0.2, 0) is 4.79 Å². The molecule has 1 heterocycles. The highest BCUT2D eigenvalue weighted by Gasteiger charge is 2.05. The molecule has 1 amide bonds. The molecule has 0 aliphatic carbocycles. The molecule has 2 N–H and O–H groups in total. The maximum Gasteiger partial charge on any atom is 0.226 e. The van der Waals surface area contributed by atoms with Crippen molar-refractivity contribution < 1.29 is 9.18 Å². The first-order valence-electron chi connectivity index (χ1n) is 7.21. The van der Waals surface area contributed by atoms with Crippen LogP contribution in [0.3, 0.4) is 0 Å². The normalized spacial score (nSPS) is 10.5. The van der Waals surface area contributed by atoms with Crippen molar-refractivity contribution in [1.29, 1.82) is 0 Å². The average Bonchev–Trinajstić information content (AvgIpc) is 2.57. The summed E-state index contributed by atoms with van der Waals surface area (Å²) in [4.78, 5) is 20.3. The number of carbonyl (C=O) groups is 1. The second-order valence-corrected chi connectivity index (χ2v) is 4.97. The number of aromatic nitrogens is 2. The molecular formula is C17H15FN4O. The van der Waals surface area contributed by atoms with Crippen LogP contribution in [0.2, 0.25) is 0 Å². The number of rotatable bonds is 5. The van der Waals surface area contributed by atoms with Gasteiger partial charge in [-0.05, 0) is 36.4 Å². The number of nitrogens with one attached hydrogen (secondary N) is 2. The van der Waals surface area contributed by atoms with Crippen molar-refractivity contribution in [1.82, 2.24) is 9.97 Å². The zero-order valence-corrected chi connectivity index (χ0v) is 12.3. The second-order valence-electron chi connectivity index (χ2n) is 4.97. The van der Waals surface area contributed by atoms with Gasteiger partial charge in [0.2, 0.25) is 5.91 Å². The van der Waals surface area contributed by atoms with E-state index in [0.717, 1.165) is 10.9 Å². The zero-order chi connectivity index (χ0) is 16.1. The van der Waals surface area contributed by atoms with Crippen LogP contribution < -0.4 is 10.6 Å². The Morgan fingerprint density at radius 1 is 1.04 bits per heavy atom. The Hall–Kier alpha value is -3.02. The minimum atomic E-state index is -0.333. The minimum absolute atomic E-state index is 0.150. The van der Waals surface area contributed by atoms with Crippen molar-refractivity contribution in [2.45, 2.75) is 6.42 Å². The number of nitrogens with zero attached hydrogens (tertiary/aromatic N) is 2. The van der Waals surface area contributed by atoms with Gasteiger partial charge in [0.05, 0.1) is 5.52 Å². The first kappa shape index (κ1) is 14.9. The Morgan fingerprint density at radius 3 is 2.65 bits per heavy atom. The van der Waals surface area contributed by atoms with E-state index in [1.165, 1.54) is 30.6 Å². The molecule has 1 aromatic heterocycles. The van der Waals surface area contributed by atoms with Gasteiger partial charge in [0.1, 0.15) is 18.0 Å². The van der Waals surface area contributed by atoms with Crippen molar-refractivity contribution in [3.8, 4) is 0 Å². The molecular weight excluding hydrogens is 295 g/mol. The van der Waals surface area contributed by atoms with Crippen LogP contribution in [0.5, 0.6) is 0 Å². The van der Waals surface area contributed by atoms with Crippen molar-refractivity contribution in [2.24, 2.45) is 0 Å². The van der Waals surface area contributed by atoms with Crippen LogP contribution in [-0.4, -0.2) is 22.4 Å². The largest absolute Gasteiger partial charge is 0.369 e. The monoisotopic (exact) mass is 310 g/mol. The molecule has 0 aliphatic heterocycles. The lowest BCUT2D eigenvalue weighted by Crippen LogP contribution is -2.16. The molecule has 3 rings (SSSR count). The molecule has 0 unspecified atom stereocenters. The molecule has 0 spiro atoms. The Morgan fingerprint density at radius 2 is 1.83 bits per heavy atom. The number of para-hydroxylation sites is 1. The third-order valence-electron chi connectivity index (χ3n) is 3.32. The molecule has 0 saturated heterocycles. The van der Waals surface area contributed by atoms with E-state index in [4.69, 9.17) is 0 Å². The van der Waals surface area contributed by atoms with Gasteiger partial charge in [0.15, 0.2) is 0 Å². The number of anilines is 2. The van der Waals surface area contributed by atoms with E-state index >= 15 is 0 Å². The molecule has 0 radical (unpaired) electrons. The lowest BCUT2D eigenvalue weighted by Gasteiger charge is -2.08. The Labute approximate surface area is 132 Å². The molecule has 116 valence electrons. The lowest BCUT2D eigenvalue weighted by atomic mass is 10.2. The molecule has 0 aliphatic rings. The topological polar surface area (TPSA) is 66.9 Å². The van der Waals surface area contributed by atoms with Crippen LogP contribution in [0, 0.1) is 5.82 Å². The summed E-state index contributed by atoms with van der Waals surface area (Å²) in [7, 11) is 0. The Bertz CT molecular complexity index is 815. The average molecular weight is 310 g/mol. The highest BCUT2D eigenvalue weighted by Crippen LogP contribution is 2.18. The number of benzene rings is 2. The van der Waals surface area contributed by atoms with Crippen LogP contribution >= 0.6 is 0 Å². The third kappa shape index (κ3) is 3.79.